The Balaban J connectivity index is 2.77. The van der Waals surface area contributed by atoms with E-state index in [1.54, 1.807) is 33.9 Å². The van der Waals surface area contributed by atoms with E-state index in [1.165, 1.54) is 13.3 Å². The molecule has 0 spiro atoms. The Kier molecular flexibility index (Phi) is 7.41. The predicted octanol–water partition coefficient (Wildman–Crippen LogP) is 0.913. The first kappa shape index (κ1) is 20.5. The summed E-state index contributed by atoms with van der Waals surface area (Å²) in [5.74, 6) is -1.07. The van der Waals surface area contributed by atoms with Gasteiger partial charge >= 0.3 is 12.1 Å². The van der Waals surface area contributed by atoms with Crippen LogP contribution in [0.4, 0.5) is 4.79 Å². The third-order valence-corrected chi connectivity index (χ3v) is 2.99. The molecule has 3 N–H and O–H groups in total. The van der Waals surface area contributed by atoms with Gasteiger partial charge in [0.05, 0.1) is 12.9 Å². The summed E-state index contributed by atoms with van der Waals surface area (Å²) in [6.45, 7) is 8.57. The Hall–Kier alpha value is -2.58. The Morgan fingerprint density at radius 2 is 1.96 bits per heavy atom. The van der Waals surface area contributed by atoms with Crippen LogP contribution in [0.3, 0.4) is 0 Å². The number of amides is 2. The molecule has 1 heterocycles. The average molecular weight is 354 g/mol. The molecule has 0 fully saturated rings. The van der Waals surface area contributed by atoms with Crippen molar-refractivity contribution in [3.63, 3.8) is 0 Å². The maximum absolute atomic E-state index is 12.5. The van der Waals surface area contributed by atoms with Gasteiger partial charge in [-0.25, -0.2) is 14.6 Å². The summed E-state index contributed by atoms with van der Waals surface area (Å²) < 4.78 is 10.0. The highest BCUT2D eigenvalue weighted by Crippen LogP contribution is 2.08. The second-order valence-corrected chi connectivity index (χ2v) is 6.46. The van der Waals surface area contributed by atoms with Gasteiger partial charge in [-0.05, 0) is 34.6 Å². The van der Waals surface area contributed by atoms with Gasteiger partial charge in [0.2, 0.25) is 5.91 Å². The molecule has 0 saturated heterocycles. The summed E-state index contributed by atoms with van der Waals surface area (Å²) >= 11 is 0. The third-order valence-electron chi connectivity index (χ3n) is 2.99. The molecule has 0 bridgehead atoms. The maximum atomic E-state index is 12.5. The molecule has 25 heavy (non-hydrogen) atoms. The van der Waals surface area contributed by atoms with Crippen LogP contribution in [0.5, 0.6) is 0 Å². The fourth-order valence-corrected chi connectivity index (χ4v) is 1.92. The van der Waals surface area contributed by atoms with Crippen LogP contribution in [-0.2, 0) is 25.5 Å². The quantitative estimate of drug-likeness (QED) is 0.626. The molecule has 1 aromatic rings. The molecule has 2 atom stereocenters. The number of aromatic nitrogens is 2. The largest absolute Gasteiger partial charge is 0.464 e. The zero-order valence-corrected chi connectivity index (χ0v) is 15.2. The highest BCUT2D eigenvalue weighted by atomic mass is 16.6. The zero-order chi connectivity index (χ0) is 19.0. The van der Waals surface area contributed by atoms with Crippen LogP contribution in [0.25, 0.3) is 0 Å². The normalized spacial score (nSPS) is 13.5. The minimum Gasteiger partial charge on any atom is -0.464 e. The van der Waals surface area contributed by atoms with Crippen LogP contribution in [0.1, 0.15) is 40.3 Å². The molecule has 2 amide bonds. The molecular formula is C16H26N4O5. The van der Waals surface area contributed by atoms with Crippen molar-refractivity contribution in [2.24, 2.45) is 0 Å². The van der Waals surface area contributed by atoms with Crippen LogP contribution in [0.15, 0.2) is 12.5 Å². The van der Waals surface area contributed by atoms with Crippen molar-refractivity contribution in [3.8, 4) is 0 Å². The highest BCUT2D eigenvalue weighted by Gasteiger charge is 2.27. The molecular weight excluding hydrogens is 328 g/mol. The lowest BCUT2D eigenvalue weighted by molar-refractivity contribution is -0.147. The Morgan fingerprint density at radius 3 is 2.48 bits per heavy atom. The van der Waals surface area contributed by atoms with Gasteiger partial charge in [-0.3, -0.25) is 4.79 Å². The van der Waals surface area contributed by atoms with Gasteiger partial charge < -0.3 is 25.1 Å². The first-order chi connectivity index (χ1) is 11.6. The molecule has 0 aromatic carbocycles. The number of carbonyl (C=O) groups is 3. The molecule has 140 valence electrons. The fourth-order valence-electron chi connectivity index (χ4n) is 1.92. The lowest BCUT2D eigenvalue weighted by Gasteiger charge is -2.24. The number of H-pyrrole nitrogens is 1. The Morgan fingerprint density at radius 1 is 1.28 bits per heavy atom. The van der Waals surface area contributed by atoms with Crippen LogP contribution >= 0.6 is 0 Å². The summed E-state index contributed by atoms with van der Waals surface area (Å²) in [6.07, 6.45) is 2.46. The number of alkyl carbamates (subject to hydrolysis) is 1. The summed E-state index contributed by atoms with van der Waals surface area (Å²) in [5, 5.41) is 5.04. The second-order valence-electron chi connectivity index (χ2n) is 6.46. The van der Waals surface area contributed by atoms with Gasteiger partial charge in [0.1, 0.15) is 17.7 Å². The molecule has 9 nitrogen and oxygen atoms in total. The minimum absolute atomic E-state index is 0.167. The maximum Gasteiger partial charge on any atom is 0.408 e. The molecule has 1 aromatic heterocycles. The zero-order valence-electron chi connectivity index (χ0n) is 15.2. The molecule has 1 rings (SSSR count). The van der Waals surface area contributed by atoms with Crippen LogP contribution in [0, 0.1) is 0 Å². The van der Waals surface area contributed by atoms with Crippen molar-refractivity contribution in [2.45, 2.75) is 58.7 Å². The van der Waals surface area contributed by atoms with Crippen molar-refractivity contribution in [2.75, 3.05) is 6.61 Å². The van der Waals surface area contributed by atoms with E-state index in [4.69, 9.17) is 9.47 Å². The summed E-state index contributed by atoms with van der Waals surface area (Å²) in [6, 6.07) is -1.77. The molecule has 0 unspecified atom stereocenters. The van der Waals surface area contributed by atoms with Crippen molar-refractivity contribution in [3.05, 3.63) is 18.2 Å². The number of rotatable bonds is 7. The van der Waals surface area contributed by atoms with Gasteiger partial charge in [-0.1, -0.05) is 0 Å². The van der Waals surface area contributed by atoms with E-state index in [0.29, 0.717) is 5.69 Å². The van der Waals surface area contributed by atoms with E-state index >= 15 is 0 Å². The first-order valence-corrected chi connectivity index (χ1v) is 8.06. The number of esters is 1. The first-order valence-electron chi connectivity index (χ1n) is 8.06. The lowest BCUT2D eigenvalue weighted by Crippen LogP contribution is -2.52. The predicted molar refractivity (Wildman–Crippen MR) is 89.7 cm³/mol. The van der Waals surface area contributed by atoms with Crippen LogP contribution < -0.4 is 10.6 Å². The molecule has 0 aliphatic carbocycles. The minimum atomic E-state index is -0.938. The molecule has 9 heteroatoms. The number of nitrogens with zero attached hydrogens (tertiary/aromatic N) is 1. The number of carbonyl (C=O) groups excluding carboxylic acids is 3. The van der Waals surface area contributed by atoms with E-state index in [2.05, 4.69) is 20.6 Å². The van der Waals surface area contributed by atoms with Gasteiger partial charge in [-0.2, -0.15) is 0 Å². The number of ether oxygens (including phenoxy) is 2. The van der Waals surface area contributed by atoms with Gasteiger partial charge in [0.25, 0.3) is 0 Å². The fraction of sp³-hybridized carbons (Fsp3) is 0.625. The molecule has 0 radical (unpaired) electrons. The lowest BCUT2D eigenvalue weighted by atomic mass is 10.1. The number of nitrogens with one attached hydrogen (secondary N) is 3. The van der Waals surface area contributed by atoms with Crippen molar-refractivity contribution in [1.82, 2.24) is 20.6 Å². The Bertz CT molecular complexity index is 580. The number of hydrogen-bond donors (Lipinski definition) is 3. The van der Waals surface area contributed by atoms with E-state index < -0.39 is 35.7 Å². The molecule has 0 aliphatic rings. The Labute approximate surface area is 146 Å². The molecule has 0 saturated carbocycles. The van der Waals surface area contributed by atoms with Crippen molar-refractivity contribution in [1.29, 1.82) is 0 Å². The van der Waals surface area contributed by atoms with Crippen LogP contribution in [-0.4, -0.2) is 52.2 Å². The van der Waals surface area contributed by atoms with Crippen molar-refractivity contribution >= 4 is 18.0 Å². The third kappa shape index (κ3) is 7.69. The summed E-state index contributed by atoms with van der Waals surface area (Å²) in [5.41, 5.74) is -0.0443. The summed E-state index contributed by atoms with van der Waals surface area (Å²) in [4.78, 5) is 42.9. The van der Waals surface area contributed by atoms with E-state index in [-0.39, 0.29) is 13.0 Å². The van der Waals surface area contributed by atoms with E-state index in [9.17, 15) is 14.4 Å². The monoisotopic (exact) mass is 354 g/mol. The smallest absolute Gasteiger partial charge is 0.408 e. The number of hydrogen-bond acceptors (Lipinski definition) is 6. The topological polar surface area (TPSA) is 122 Å². The van der Waals surface area contributed by atoms with Gasteiger partial charge in [-0.15, -0.1) is 0 Å². The van der Waals surface area contributed by atoms with E-state index in [0.717, 1.165) is 0 Å². The number of imidazole rings is 1. The highest BCUT2D eigenvalue weighted by molar-refractivity contribution is 5.89. The average Bonchev–Trinajstić information content (AvgIpc) is 2.97. The van der Waals surface area contributed by atoms with Crippen LogP contribution in [0.2, 0.25) is 0 Å². The van der Waals surface area contributed by atoms with E-state index in [1.807, 2.05) is 0 Å². The standard InChI is InChI=1S/C16H26N4O5/c1-6-24-14(22)10(2)19-13(21)12(7-11-8-17-9-18-11)20-15(23)25-16(3,4)5/h8-10,12H,6-7H2,1-5H3,(H,17,18)(H,19,21)(H,20,23)/t10-,12-/m0/s1. The SMILES string of the molecule is CCOC(=O)[C@H](C)NC(=O)[C@H](Cc1cnc[nH]1)NC(=O)OC(C)(C)C. The van der Waals surface area contributed by atoms with Gasteiger partial charge in [0.15, 0.2) is 0 Å². The summed E-state index contributed by atoms with van der Waals surface area (Å²) in [7, 11) is 0. The van der Waals surface area contributed by atoms with Crippen molar-refractivity contribution < 1.29 is 23.9 Å². The van der Waals surface area contributed by atoms with Gasteiger partial charge in [0, 0.05) is 18.3 Å². The second kappa shape index (κ2) is 9.05. The number of aromatic amines is 1. The molecule has 0 aliphatic heterocycles.